The van der Waals surface area contributed by atoms with Gasteiger partial charge in [-0.3, -0.25) is 0 Å². The molecular weight excluding hydrogens is 186 g/mol. The number of anilines is 1. The summed E-state index contributed by atoms with van der Waals surface area (Å²) < 4.78 is 0. The van der Waals surface area contributed by atoms with Gasteiger partial charge in [0.1, 0.15) is 0 Å². The van der Waals surface area contributed by atoms with Crippen molar-refractivity contribution in [2.24, 2.45) is 5.73 Å². The van der Waals surface area contributed by atoms with Crippen molar-refractivity contribution in [1.29, 1.82) is 0 Å². The van der Waals surface area contributed by atoms with Crippen LogP contribution in [-0.4, -0.2) is 17.6 Å². The monoisotopic (exact) mass is 199 g/mol. The van der Waals surface area contributed by atoms with Gasteiger partial charge in [-0.25, -0.2) is 4.98 Å². The Morgan fingerprint density at radius 2 is 2.38 bits per heavy atom. The fourth-order valence-corrected chi connectivity index (χ4v) is 1.26. The van der Waals surface area contributed by atoms with E-state index >= 15 is 0 Å². The number of pyridine rings is 1. The highest BCUT2D eigenvalue weighted by atomic mass is 35.5. The topological polar surface area (TPSA) is 50.9 Å². The smallest absolute Gasteiger partial charge is 0.152 e. The molecule has 3 N–H and O–H groups in total. The Morgan fingerprint density at radius 3 is 2.92 bits per heavy atom. The SMILES string of the molecule is Cc1ccnc(Cl)c1NC(C)CN. The van der Waals surface area contributed by atoms with E-state index in [0.717, 1.165) is 11.3 Å². The van der Waals surface area contributed by atoms with Crippen molar-refractivity contribution in [1.82, 2.24) is 4.98 Å². The van der Waals surface area contributed by atoms with Crippen LogP contribution in [0.25, 0.3) is 0 Å². The van der Waals surface area contributed by atoms with Crippen molar-refractivity contribution in [3.63, 3.8) is 0 Å². The third-order valence-corrected chi connectivity index (χ3v) is 2.14. The Morgan fingerprint density at radius 1 is 1.69 bits per heavy atom. The summed E-state index contributed by atoms with van der Waals surface area (Å²) >= 11 is 5.92. The largest absolute Gasteiger partial charge is 0.379 e. The minimum atomic E-state index is 0.209. The van der Waals surface area contributed by atoms with E-state index in [9.17, 15) is 0 Å². The number of nitrogens with two attached hydrogens (primary N) is 1. The van der Waals surface area contributed by atoms with Crippen LogP contribution in [-0.2, 0) is 0 Å². The molecule has 3 nitrogen and oxygen atoms in total. The average Bonchev–Trinajstić information content (AvgIpc) is 2.11. The normalized spacial score (nSPS) is 12.6. The molecule has 1 atom stereocenters. The van der Waals surface area contributed by atoms with Crippen LogP contribution in [0.2, 0.25) is 5.15 Å². The van der Waals surface area contributed by atoms with Gasteiger partial charge < -0.3 is 11.1 Å². The zero-order valence-electron chi connectivity index (χ0n) is 7.84. The summed E-state index contributed by atoms with van der Waals surface area (Å²) in [4.78, 5) is 3.99. The van der Waals surface area contributed by atoms with E-state index in [-0.39, 0.29) is 6.04 Å². The van der Waals surface area contributed by atoms with Crippen LogP contribution in [0, 0.1) is 6.92 Å². The van der Waals surface area contributed by atoms with E-state index in [1.165, 1.54) is 0 Å². The van der Waals surface area contributed by atoms with Crippen LogP contribution in [0.3, 0.4) is 0 Å². The molecule has 0 aliphatic carbocycles. The van der Waals surface area contributed by atoms with Gasteiger partial charge in [-0.05, 0) is 25.5 Å². The molecule has 0 amide bonds. The van der Waals surface area contributed by atoms with E-state index in [4.69, 9.17) is 17.3 Å². The molecule has 0 saturated heterocycles. The first-order valence-corrected chi connectivity index (χ1v) is 4.60. The lowest BCUT2D eigenvalue weighted by Gasteiger charge is -2.15. The van der Waals surface area contributed by atoms with Gasteiger partial charge in [0.25, 0.3) is 0 Å². The summed E-state index contributed by atoms with van der Waals surface area (Å²) in [5.41, 5.74) is 7.45. The molecule has 1 rings (SSSR count). The van der Waals surface area contributed by atoms with E-state index in [1.54, 1.807) is 6.20 Å². The first-order valence-electron chi connectivity index (χ1n) is 4.23. The highest BCUT2D eigenvalue weighted by Crippen LogP contribution is 2.23. The van der Waals surface area contributed by atoms with Gasteiger partial charge in [0.15, 0.2) is 5.15 Å². The molecule has 72 valence electrons. The lowest BCUT2D eigenvalue weighted by molar-refractivity contribution is 0.802. The van der Waals surface area contributed by atoms with Crippen molar-refractivity contribution in [2.45, 2.75) is 19.9 Å². The van der Waals surface area contributed by atoms with Gasteiger partial charge in [-0.1, -0.05) is 11.6 Å². The molecule has 0 radical (unpaired) electrons. The minimum absolute atomic E-state index is 0.209. The molecule has 13 heavy (non-hydrogen) atoms. The van der Waals surface area contributed by atoms with E-state index in [2.05, 4.69) is 10.3 Å². The van der Waals surface area contributed by atoms with Crippen molar-refractivity contribution < 1.29 is 0 Å². The van der Waals surface area contributed by atoms with Gasteiger partial charge in [-0.2, -0.15) is 0 Å². The summed E-state index contributed by atoms with van der Waals surface area (Å²) in [5.74, 6) is 0. The predicted octanol–water partition coefficient (Wildman–Crippen LogP) is 1.80. The van der Waals surface area contributed by atoms with Crippen molar-refractivity contribution >= 4 is 17.3 Å². The number of rotatable bonds is 3. The Bertz CT molecular complexity index is 268. The summed E-state index contributed by atoms with van der Waals surface area (Å²) in [6.07, 6.45) is 1.69. The molecule has 0 bridgehead atoms. The maximum atomic E-state index is 5.92. The number of hydrogen-bond acceptors (Lipinski definition) is 3. The number of aromatic nitrogens is 1. The molecule has 0 aromatic carbocycles. The summed E-state index contributed by atoms with van der Waals surface area (Å²) in [6.45, 7) is 4.56. The maximum Gasteiger partial charge on any atom is 0.152 e. The fourth-order valence-electron chi connectivity index (χ4n) is 1.00. The van der Waals surface area contributed by atoms with Crippen LogP contribution in [0.4, 0.5) is 5.69 Å². The second kappa shape index (κ2) is 4.44. The first-order chi connectivity index (χ1) is 6.15. The molecule has 1 heterocycles. The number of nitrogens with one attached hydrogen (secondary N) is 1. The lowest BCUT2D eigenvalue weighted by Crippen LogP contribution is -2.25. The summed E-state index contributed by atoms with van der Waals surface area (Å²) in [6, 6.07) is 2.12. The van der Waals surface area contributed by atoms with Crippen molar-refractivity contribution in [3.05, 3.63) is 23.0 Å². The Balaban J connectivity index is 2.87. The zero-order chi connectivity index (χ0) is 9.84. The molecule has 0 saturated carbocycles. The van der Waals surface area contributed by atoms with Crippen LogP contribution >= 0.6 is 11.6 Å². The second-order valence-corrected chi connectivity index (χ2v) is 3.43. The maximum absolute atomic E-state index is 5.92. The molecule has 0 fully saturated rings. The van der Waals surface area contributed by atoms with E-state index < -0.39 is 0 Å². The lowest BCUT2D eigenvalue weighted by atomic mass is 10.2. The van der Waals surface area contributed by atoms with Crippen molar-refractivity contribution in [2.75, 3.05) is 11.9 Å². The number of nitrogens with zero attached hydrogens (tertiary/aromatic N) is 1. The summed E-state index contributed by atoms with van der Waals surface area (Å²) in [7, 11) is 0. The Labute approximate surface area is 83.3 Å². The third kappa shape index (κ3) is 2.57. The Kier molecular flexibility index (Phi) is 3.51. The van der Waals surface area contributed by atoms with Crippen LogP contribution in [0.5, 0.6) is 0 Å². The van der Waals surface area contributed by atoms with Gasteiger partial charge in [-0.15, -0.1) is 0 Å². The standard InChI is InChI=1S/C9H14ClN3/c1-6-3-4-12-9(10)8(6)13-7(2)5-11/h3-4,7,13H,5,11H2,1-2H3. The first kappa shape index (κ1) is 10.3. The van der Waals surface area contributed by atoms with Gasteiger partial charge in [0, 0.05) is 18.8 Å². The van der Waals surface area contributed by atoms with Crippen LogP contribution in [0.1, 0.15) is 12.5 Å². The molecule has 1 aromatic heterocycles. The second-order valence-electron chi connectivity index (χ2n) is 3.07. The van der Waals surface area contributed by atoms with Crippen LogP contribution in [0.15, 0.2) is 12.3 Å². The predicted molar refractivity (Wildman–Crippen MR) is 56.1 cm³/mol. The third-order valence-electron chi connectivity index (χ3n) is 1.86. The van der Waals surface area contributed by atoms with Crippen molar-refractivity contribution in [3.8, 4) is 0 Å². The molecular formula is C9H14ClN3. The number of hydrogen-bond donors (Lipinski definition) is 2. The van der Waals surface area contributed by atoms with Gasteiger partial charge in [0.05, 0.1) is 5.69 Å². The number of halogens is 1. The highest BCUT2D eigenvalue weighted by molar-refractivity contribution is 6.32. The molecule has 0 spiro atoms. The average molecular weight is 200 g/mol. The molecule has 1 unspecified atom stereocenters. The molecule has 4 heteroatoms. The minimum Gasteiger partial charge on any atom is -0.379 e. The molecule has 0 aliphatic heterocycles. The fraction of sp³-hybridized carbons (Fsp3) is 0.444. The number of aryl methyl sites for hydroxylation is 1. The van der Waals surface area contributed by atoms with Gasteiger partial charge in [0.2, 0.25) is 0 Å². The molecule has 0 aliphatic rings. The van der Waals surface area contributed by atoms with Crippen LogP contribution < -0.4 is 11.1 Å². The van der Waals surface area contributed by atoms with Gasteiger partial charge >= 0.3 is 0 Å². The zero-order valence-corrected chi connectivity index (χ0v) is 8.60. The van der Waals surface area contributed by atoms with E-state index in [1.807, 2.05) is 19.9 Å². The highest BCUT2D eigenvalue weighted by Gasteiger charge is 2.06. The Hall–Kier alpha value is -0.800. The summed E-state index contributed by atoms with van der Waals surface area (Å²) in [5, 5.41) is 3.71. The quantitative estimate of drug-likeness (QED) is 0.730. The molecule has 1 aromatic rings. The van der Waals surface area contributed by atoms with E-state index in [0.29, 0.717) is 11.7 Å².